The smallest absolute Gasteiger partial charge is 0.255 e. The zero-order valence-electron chi connectivity index (χ0n) is 9.85. The summed E-state index contributed by atoms with van der Waals surface area (Å²) in [7, 11) is 0. The zero-order valence-corrected chi connectivity index (χ0v) is 9.85. The van der Waals surface area contributed by atoms with E-state index in [1.54, 1.807) is 23.5 Å². The fraction of sp³-hybridized carbons (Fsp3) is 0.429. The summed E-state index contributed by atoms with van der Waals surface area (Å²) in [6.45, 7) is 1.74. The Hall–Kier alpha value is -1.64. The maximum Gasteiger partial charge on any atom is 0.255 e. The number of allylic oxidation sites excluding steroid dienone is 1. The molecule has 2 fully saturated rings. The van der Waals surface area contributed by atoms with Crippen LogP contribution in [0.4, 0.5) is 0 Å². The summed E-state index contributed by atoms with van der Waals surface area (Å²) in [5.74, 6) is 0.123. The minimum Gasteiger partial charge on any atom is -0.338 e. The average molecular weight is 228 g/mol. The molecule has 1 saturated heterocycles. The molecule has 1 saturated carbocycles. The number of hydrogen-bond donors (Lipinski definition) is 0. The maximum absolute atomic E-state index is 12.2. The minimum atomic E-state index is 0.123. The third-order valence-electron chi connectivity index (χ3n) is 3.56. The van der Waals surface area contributed by atoms with Crippen LogP contribution in [-0.2, 0) is 0 Å². The molecule has 0 atom stereocenters. The van der Waals surface area contributed by atoms with Gasteiger partial charge in [0.05, 0.1) is 5.56 Å². The van der Waals surface area contributed by atoms with Crippen molar-refractivity contribution in [3.63, 3.8) is 0 Å². The minimum absolute atomic E-state index is 0.123. The molecule has 17 heavy (non-hydrogen) atoms. The summed E-state index contributed by atoms with van der Waals surface area (Å²) in [4.78, 5) is 18.1. The van der Waals surface area contributed by atoms with Crippen LogP contribution >= 0.6 is 0 Å². The lowest BCUT2D eigenvalue weighted by Crippen LogP contribution is -2.36. The Bertz CT molecular complexity index is 448. The monoisotopic (exact) mass is 228 g/mol. The predicted octanol–water partition coefficient (Wildman–Crippen LogP) is 2.41. The van der Waals surface area contributed by atoms with Crippen LogP contribution in [-0.4, -0.2) is 28.9 Å². The molecule has 1 aliphatic heterocycles. The number of carbonyl (C=O) groups excluding carboxylic acids is 1. The molecule has 88 valence electrons. The number of amides is 1. The molecular weight excluding hydrogens is 212 g/mol. The highest BCUT2D eigenvalue weighted by Gasteiger charge is 2.24. The van der Waals surface area contributed by atoms with Gasteiger partial charge in [-0.3, -0.25) is 9.78 Å². The Morgan fingerprint density at radius 1 is 1.12 bits per heavy atom. The number of nitrogens with zero attached hydrogens (tertiary/aromatic N) is 2. The van der Waals surface area contributed by atoms with E-state index >= 15 is 0 Å². The van der Waals surface area contributed by atoms with Crippen molar-refractivity contribution in [2.75, 3.05) is 13.1 Å². The number of hydrogen-bond acceptors (Lipinski definition) is 2. The van der Waals surface area contributed by atoms with Crippen LogP contribution in [0.15, 0.2) is 35.7 Å². The SMILES string of the molecule is O=C(c1cccnc1)N1CCC(=C2CC2)CC1. The van der Waals surface area contributed by atoms with Gasteiger partial charge in [0.15, 0.2) is 0 Å². The Kier molecular flexibility index (Phi) is 2.67. The summed E-state index contributed by atoms with van der Waals surface area (Å²) >= 11 is 0. The van der Waals surface area contributed by atoms with Gasteiger partial charge in [0.25, 0.3) is 5.91 Å². The van der Waals surface area contributed by atoms with Gasteiger partial charge < -0.3 is 4.90 Å². The molecule has 1 aliphatic carbocycles. The average Bonchev–Trinajstić information content (AvgIpc) is 3.24. The third-order valence-corrected chi connectivity index (χ3v) is 3.56. The quantitative estimate of drug-likeness (QED) is 0.691. The van der Waals surface area contributed by atoms with Crippen molar-refractivity contribution in [1.82, 2.24) is 9.88 Å². The molecule has 1 amide bonds. The van der Waals surface area contributed by atoms with Gasteiger partial charge in [-0.25, -0.2) is 0 Å². The van der Waals surface area contributed by atoms with Crippen molar-refractivity contribution < 1.29 is 4.79 Å². The van der Waals surface area contributed by atoms with Crippen LogP contribution in [0.5, 0.6) is 0 Å². The van der Waals surface area contributed by atoms with E-state index in [9.17, 15) is 4.79 Å². The van der Waals surface area contributed by atoms with Crippen LogP contribution < -0.4 is 0 Å². The van der Waals surface area contributed by atoms with Gasteiger partial charge >= 0.3 is 0 Å². The first-order valence-electron chi connectivity index (χ1n) is 6.23. The standard InChI is InChI=1S/C14H16N2O/c17-14(13-2-1-7-15-10-13)16-8-5-12(6-9-16)11-3-4-11/h1-2,7,10H,3-6,8-9H2. The number of likely N-dealkylation sites (tertiary alicyclic amines) is 1. The zero-order chi connectivity index (χ0) is 11.7. The van der Waals surface area contributed by atoms with Crippen LogP contribution in [0, 0.1) is 0 Å². The summed E-state index contributed by atoms with van der Waals surface area (Å²) in [6.07, 6.45) is 8.08. The van der Waals surface area contributed by atoms with E-state index in [-0.39, 0.29) is 5.91 Å². The van der Waals surface area contributed by atoms with Gasteiger partial charge in [0, 0.05) is 25.5 Å². The maximum atomic E-state index is 12.2. The Labute approximate surface area is 101 Å². The van der Waals surface area contributed by atoms with E-state index in [4.69, 9.17) is 0 Å². The molecule has 0 radical (unpaired) electrons. The first-order chi connectivity index (χ1) is 8.34. The third kappa shape index (κ3) is 2.23. The van der Waals surface area contributed by atoms with Crippen LogP contribution in [0.1, 0.15) is 36.0 Å². The van der Waals surface area contributed by atoms with E-state index < -0.39 is 0 Å². The molecular formula is C14H16N2O. The molecule has 0 bridgehead atoms. The molecule has 2 aliphatic rings. The lowest BCUT2D eigenvalue weighted by atomic mass is 10.0. The van der Waals surface area contributed by atoms with Crippen LogP contribution in [0.25, 0.3) is 0 Å². The number of rotatable bonds is 1. The van der Waals surface area contributed by atoms with E-state index in [1.807, 2.05) is 17.0 Å². The van der Waals surface area contributed by atoms with Crippen molar-refractivity contribution >= 4 is 5.91 Å². The Balaban J connectivity index is 1.67. The molecule has 1 aromatic rings. The second-order valence-electron chi connectivity index (χ2n) is 4.74. The van der Waals surface area contributed by atoms with E-state index in [0.717, 1.165) is 25.9 Å². The highest BCUT2D eigenvalue weighted by atomic mass is 16.2. The van der Waals surface area contributed by atoms with Crippen molar-refractivity contribution in [3.05, 3.63) is 41.2 Å². The fourth-order valence-corrected chi connectivity index (χ4v) is 2.42. The van der Waals surface area contributed by atoms with Gasteiger partial charge in [0.1, 0.15) is 0 Å². The fourth-order valence-electron chi connectivity index (χ4n) is 2.42. The van der Waals surface area contributed by atoms with Crippen LogP contribution in [0.2, 0.25) is 0 Å². The van der Waals surface area contributed by atoms with Gasteiger partial charge in [0.2, 0.25) is 0 Å². The van der Waals surface area contributed by atoms with Crippen LogP contribution in [0.3, 0.4) is 0 Å². The van der Waals surface area contributed by atoms with Crippen molar-refractivity contribution in [3.8, 4) is 0 Å². The highest BCUT2D eigenvalue weighted by Crippen LogP contribution is 2.36. The molecule has 3 heteroatoms. The summed E-state index contributed by atoms with van der Waals surface area (Å²) in [5, 5.41) is 0. The molecule has 1 aromatic heterocycles. The van der Waals surface area contributed by atoms with Gasteiger partial charge in [-0.15, -0.1) is 0 Å². The Morgan fingerprint density at radius 2 is 1.82 bits per heavy atom. The first-order valence-corrected chi connectivity index (χ1v) is 6.23. The topological polar surface area (TPSA) is 33.2 Å². The first kappa shape index (κ1) is 10.5. The van der Waals surface area contributed by atoms with E-state index in [0.29, 0.717) is 5.56 Å². The second-order valence-corrected chi connectivity index (χ2v) is 4.74. The molecule has 0 spiro atoms. The molecule has 0 unspecified atom stereocenters. The lowest BCUT2D eigenvalue weighted by molar-refractivity contribution is 0.0743. The molecule has 2 heterocycles. The van der Waals surface area contributed by atoms with Crippen molar-refractivity contribution in [2.24, 2.45) is 0 Å². The largest absolute Gasteiger partial charge is 0.338 e. The number of pyridine rings is 1. The van der Waals surface area contributed by atoms with E-state index in [2.05, 4.69) is 4.98 Å². The molecule has 3 nitrogen and oxygen atoms in total. The second kappa shape index (κ2) is 4.32. The number of carbonyl (C=O) groups is 1. The number of aromatic nitrogens is 1. The van der Waals surface area contributed by atoms with Gasteiger partial charge in [-0.05, 0) is 37.8 Å². The van der Waals surface area contributed by atoms with Gasteiger partial charge in [-0.1, -0.05) is 11.1 Å². The predicted molar refractivity (Wildman–Crippen MR) is 65.6 cm³/mol. The normalized spacial score (nSPS) is 19.4. The van der Waals surface area contributed by atoms with Crippen molar-refractivity contribution in [1.29, 1.82) is 0 Å². The molecule has 3 rings (SSSR count). The summed E-state index contributed by atoms with van der Waals surface area (Å²) in [6, 6.07) is 3.65. The molecule has 0 aromatic carbocycles. The summed E-state index contributed by atoms with van der Waals surface area (Å²) in [5.41, 5.74) is 3.97. The highest BCUT2D eigenvalue weighted by molar-refractivity contribution is 5.94. The Morgan fingerprint density at radius 3 is 2.41 bits per heavy atom. The number of piperidine rings is 1. The summed E-state index contributed by atoms with van der Waals surface area (Å²) < 4.78 is 0. The van der Waals surface area contributed by atoms with Gasteiger partial charge in [-0.2, -0.15) is 0 Å². The van der Waals surface area contributed by atoms with Crippen molar-refractivity contribution in [2.45, 2.75) is 25.7 Å². The molecule has 0 N–H and O–H groups in total. The lowest BCUT2D eigenvalue weighted by Gasteiger charge is -2.28. The van der Waals surface area contributed by atoms with E-state index in [1.165, 1.54) is 12.8 Å².